The number of rotatable bonds is 1. The maximum absolute atomic E-state index is 4.65. The van der Waals surface area contributed by atoms with Crippen molar-refractivity contribution < 1.29 is 0 Å². The molecule has 0 amide bonds. The second-order valence-electron chi connectivity index (χ2n) is 6.12. The smallest absolute Gasteiger partial charge is 0.109 e. The van der Waals surface area contributed by atoms with Crippen molar-refractivity contribution in [1.82, 2.24) is 14.9 Å². The number of aromatic nitrogens is 2. The van der Waals surface area contributed by atoms with Crippen molar-refractivity contribution in [2.24, 2.45) is 5.41 Å². The number of benzene rings is 1. The summed E-state index contributed by atoms with van der Waals surface area (Å²) in [5.41, 5.74) is 4.30. The largest absolute Gasteiger partial charge is 0.327 e. The molecule has 1 aromatic carbocycles. The fraction of sp³-hybridized carbons (Fsp3) is 0.438. The Kier molecular flexibility index (Phi) is 2.33. The molecule has 2 aromatic rings. The second-order valence-corrected chi connectivity index (χ2v) is 6.12. The van der Waals surface area contributed by atoms with Gasteiger partial charge in [0.25, 0.3) is 0 Å². The third-order valence-corrected chi connectivity index (χ3v) is 4.64. The molecule has 4 rings (SSSR count). The summed E-state index contributed by atoms with van der Waals surface area (Å²) in [6.07, 6.45) is 4.45. The first-order chi connectivity index (χ1) is 9.26. The summed E-state index contributed by atoms with van der Waals surface area (Å²) in [6, 6.07) is 8.77. The van der Waals surface area contributed by atoms with Crippen molar-refractivity contribution in [3.8, 4) is 11.3 Å². The Morgan fingerprint density at radius 3 is 2.84 bits per heavy atom. The zero-order chi connectivity index (χ0) is 12.9. The molecule has 2 aliphatic heterocycles. The van der Waals surface area contributed by atoms with Gasteiger partial charge in [0.2, 0.25) is 0 Å². The highest BCUT2D eigenvalue weighted by molar-refractivity contribution is 5.60. The highest BCUT2D eigenvalue weighted by Gasteiger charge is 2.41. The van der Waals surface area contributed by atoms with E-state index in [0.717, 1.165) is 26.1 Å². The molecule has 3 heteroatoms. The molecular formula is C16H19N3. The van der Waals surface area contributed by atoms with Gasteiger partial charge < -0.3 is 9.88 Å². The summed E-state index contributed by atoms with van der Waals surface area (Å²) >= 11 is 0. The molecule has 19 heavy (non-hydrogen) atoms. The van der Waals surface area contributed by atoms with Crippen molar-refractivity contribution in [3.63, 3.8) is 0 Å². The molecular weight excluding hydrogens is 234 g/mol. The molecule has 0 aliphatic carbocycles. The fourth-order valence-corrected chi connectivity index (χ4v) is 3.49. The number of nitrogens with zero attached hydrogens (tertiary/aromatic N) is 2. The molecule has 98 valence electrons. The van der Waals surface area contributed by atoms with Crippen molar-refractivity contribution >= 4 is 0 Å². The lowest BCUT2D eigenvalue weighted by Crippen LogP contribution is -2.25. The van der Waals surface area contributed by atoms with E-state index in [2.05, 4.69) is 46.1 Å². The summed E-state index contributed by atoms with van der Waals surface area (Å²) in [5, 5.41) is 3.51. The molecule has 1 atom stereocenters. The average molecular weight is 253 g/mol. The predicted octanol–water partition coefficient (Wildman–Crippen LogP) is 2.39. The Hall–Kier alpha value is -1.61. The van der Waals surface area contributed by atoms with Gasteiger partial charge in [-0.15, -0.1) is 0 Å². The van der Waals surface area contributed by atoms with Crippen molar-refractivity contribution in [3.05, 3.63) is 41.9 Å². The molecule has 3 heterocycles. The number of aryl methyl sites for hydroxylation is 1. The van der Waals surface area contributed by atoms with Gasteiger partial charge in [-0.25, -0.2) is 4.98 Å². The quantitative estimate of drug-likeness (QED) is 0.845. The third-order valence-electron chi connectivity index (χ3n) is 4.64. The van der Waals surface area contributed by atoms with Gasteiger partial charge in [-0.1, -0.05) is 29.8 Å². The first kappa shape index (κ1) is 11.2. The van der Waals surface area contributed by atoms with Crippen LogP contribution in [0.4, 0.5) is 0 Å². The number of hydrogen-bond donors (Lipinski definition) is 1. The van der Waals surface area contributed by atoms with Crippen molar-refractivity contribution in [2.45, 2.75) is 26.3 Å². The summed E-state index contributed by atoms with van der Waals surface area (Å²) in [4.78, 5) is 4.65. The zero-order valence-corrected chi connectivity index (χ0v) is 11.3. The Balaban J connectivity index is 1.72. The third kappa shape index (κ3) is 1.72. The van der Waals surface area contributed by atoms with Gasteiger partial charge in [0.1, 0.15) is 5.82 Å². The van der Waals surface area contributed by atoms with Crippen LogP contribution in [0.5, 0.6) is 0 Å². The Morgan fingerprint density at radius 1 is 1.26 bits per heavy atom. The minimum Gasteiger partial charge on any atom is -0.327 e. The molecule has 1 spiro atoms. The summed E-state index contributed by atoms with van der Waals surface area (Å²) < 4.78 is 2.43. The maximum Gasteiger partial charge on any atom is 0.109 e. The van der Waals surface area contributed by atoms with Gasteiger partial charge in [-0.3, -0.25) is 0 Å². The normalized spacial score (nSPS) is 25.1. The van der Waals surface area contributed by atoms with Crippen LogP contribution in [0.3, 0.4) is 0 Å². The fourth-order valence-electron chi connectivity index (χ4n) is 3.49. The lowest BCUT2D eigenvalue weighted by Gasteiger charge is -2.20. The topological polar surface area (TPSA) is 29.9 Å². The van der Waals surface area contributed by atoms with Gasteiger partial charge in [-0.2, -0.15) is 0 Å². The standard InChI is InChI=1S/C16H19N3/c1-12-2-4-13(5-3-12)14-9-18-15-8-16(11-19(14)15)6-7-17-10-16/h2-5,9,17H,6-8,10-11H2,1H3/t16-/m1/s1. The van der Waals surface area contributed by atoms with E-state index in [9.17, 15) is 0 Å². The van der Waals surface area contributed by atoms with Crippen LogP contribution in [-0.2, 0) is 13.0 Å². The minimum atomic E-state index is 0.434. The second kappa shape index (κ2) is 3.94. The molecule has 1 N–H and O–H groups in total. The molecule has 2 aliphatic rings. The number of nitrogens with one attached hydrogen (secondary N) is 1. The number of imidazole rings is 1. The Morgan fingerprint density at radius 2 is 2.11 bits per heavy atom. The van der Waals surface area contributed by atoms with Gasteiger partial charge in [0.05, 0.1) is 11.9 Å². The maximum atomic E-state index is 4.65. The molecule has 0 unspecified atom stereocenters. The van der Waals surface area contributed by atoms with Gasteiger partial charge in [-0.05, 0) is 25.5 Å². The van der Waals surface area contributed by atoms with E-state index < -0.39 is 0 Å². The lowest BCUT2D eigenvalue weighted by atomic mass is 9.86. The molecule has 1 saturated heterocycles. The predicted molar refractivity (Wildman–Crippen MR) is 76.0 cm³/mol. The molecule has 0 radical (unpaired) electrons. The molecule has 1 aromatic heterocycles. The van der Waals surface area contributed by atoms with Crippen LogP contribution in [0.1, 0.15) is 17.8 Å². The van der Waals surface area contributed by atoms with E-state index in [0.29, 0.717) is 5.41 Å². The Bertz CT molecular complexity index is 603. The number of hydrogen-bond acceptors (Lipinski definition) is 2. The molecule has 0 bridgehead atoms. The van der Waals surface area contributed by atoms with Crippen molar-refractivity contribution in [1.29, 1.82) is 0 Å². The van der Waals surface area contributed by atoms with E-state index in [-0.39, 0.29) is 0 Å². The summed E-state index contributed by atoms with van der Waals surface area (Å²) in [6.45, 7) is 5.55. The molecule has 0 saturated carbocycles. The van der Waals surface area contributed by atoms with E-state index in [1.54, 1.807) is 0 Å². The first-order valence-electron chi connectivity index (χ1n) is 7.08. The van der Waals surface area contributed by atoms with E-state index in [1.807, 2.05) is 6.20 Å². The van der Waals surface area contributed by atoms with Crippen LogP contribution in [0.2, 0.25) is 0 Å². The van der Waals surface area contributed by atoms with Gasteiger partial charge >= 0.3 is 0 Å². The monoisotopic (exact) mass is 253 g/mol. The average Bonchev–Trinajstić information content (AvgIpc) is 3.08. The molecule has 1 fully saturated rings. The van der Waals surface area contributed by atoms with Crippen molar-refractivity contribution in [2.75, 3.05) is 13.1 Å². The van der Waals surface area contributed by atoms with Crippen LogP contribution >= 0.6 is 0 Å². The van der Waals surface area contributed by atoms with E-state index in [1.165, 1.54) is 29.1 Å². The van der Waals surface area contributed by atoms with Gasteiger partial charge in [0.15, 0.2) is 0 Å². The highest BCUT2D eigenvalue weighted by atomic mass is 15.1. The van der Waals surface area contributed by atoms with Crippen LogP contribution in [0.15, 0.2) is 30.5 Å². The Labute approximate surface area is 113 Å². The van der Waals surface area contributed by atoms with Crippen LogP contribution in [-0.4, -0.2) is 22.6 Å². The lowest BCUT2D eigenvalue weighted by molar-refractivity contribution is 0.317. The summed E-state index contributed by atoms with van der Waals surface area (Å²) in [5.74, 6) is 1.26. The van der Waals surface area contributed by atoms with Crippen LogP contribution < -0.4 is 5.32 Å². The summed E-state index contributed by atoms with van der Waals surface area (Å²) in [7, 11) is 0. The zero-order valence-electron chi connectivity index (χ0n) is 11.3. The SMILES string of the molecule is Cc1ccc(-c2cnc3n2C[C@]2(CCNC2)C3)cc1. The van der Waals surface area contributed by atoms with E-state index >= 15 is 0 Å². The first-order valence-corrected chi connectivity index (χ1v) is 7.08. The van der Waals surface area contributed by atoms with Crippen LogP contribution in [0, 0.1) is 12.3 Å². The highest BCUT2D eigenvalue weighted by Crippen LogP contribution is 2.39. The molecule has 3 nitrogen and oxygen atoms in total. The van der Waals surface area contributed by atoms with Crippen LogP contribution in [0.25, 0.3) is 11.3 Å². The van der Waals surface area contributed by atoms with E-state index in [4.69, 9.17) is 0 Å². The minimum absolute atomic E-state index is 0.434. The number of fused-ring (bicyclic) bond motifs is 1. The van der Waals surface area contributed by atoms with Gasteiger partial charge in [0, 0.05) is 24.9 Å².